The summed E-state index contributed by atoms with van der Waals surface area (Å²) in [6, 6.07) is 24.8. The number of halogens is 3. The van der Waals surface area contributed by atoms with Crippen LogP contribution in [0.5, 0.6) is 5.75 Å². The monoisotopic (exact) mass is 476 g/mol. The number of piperidine rings is 1. The molecular formula is C27H23F3N4O. The molecule has 8 heteroatoms. The Labute approximate surface area is 201 Å². The fourth-order valence-corrected chi connectivity index (χ4v) is 4.10. The molecule has 1 fully saturated rings. The summed E-state index contributed by atoms with van der Waals surface area (Å²) in [7, 11) is 0. The Morgan fingerprint density at radius 2 is 1.20 bits per heavy atom. The average molecular weight is 477 g/mol. The van der Waals surface area contributed by atoms with Crippen molar-refractivity contribution in [2.24, 2.45) is 0 Å². The maximum absolute atomic E-state index is 13.3. The molecule has 35 heavy (non-hydrogen) atoms. The van der Waals surface area contributed by atoms with Crippen molar-refractivity contribution in [1.82, 2.24) is 15.0 Å². The van der Waals surface area contributed by atoms with Gasteiger partial charge in [-0.2, -0.15) is 23.1 Å². The Bertz CT molecular complexity index is 1220. The summed E-state index contributed by atoms with van der Waals surface area (Å²) in [6.07, 6.45) is -3.67. The largest absolute Gasteiger partial charge is 0.490 e. The average Bonchev–Trinajstić information content (AvgIpc) is 2.90. The molecule has 5 rings (SSSR count). The molecule has 0 aliphatic carbocycles. The number of rotatable bonds is 5. The second-order valence-electron chi connectivity index (χ2n) is 8.31. The Morgan fingerprint density at radius 3 is 1.74 bits per heavy atom. The summed E-state index contributed by atoms with van der Waals surface area (Å²) in [4.78, 5) is 16.2. The SMILES string of the molecule is FC(F)(F)c1ccccc1OC1CCN(c2nc(-c3ccccc3)nc(-c3ccccc3)n2)CC1. The first-order valence-electron chi connectivity index (χ1n) is 11.4. The van der Waals surface area contributed by atoms with Crippen LogP contribution in [0.3, 0.4) is 0 Å². The van der Waals surface area contributed by atoms with Crippen molar-refractivity contribution < 1.29 is 17.9 Å². The zero-order chi connectivity index (χ0) is 24.3. The number of para-hydroxylation sites is 1. The van der Waals surface area contributed by atoms with E-state index in [0.29, 0.717) is 43.5 Å². The van der Waals surface area contributed by atoms with E-state index in [-0.39, 0.29) is 11.9 Å². The Hall–Kier alpha value is -3.94. The van der Waals surface area contributed by atoms with Gasteiger partial charge in [-0.05, 0) is 12.1 Å². The Morgan fingerprint density at radius 1 is 0.686 bits per heavy atom. The second kappa shape index (κ2) is 9.74. The highest BCUT2D eigenvalue weighted by Crippen LogP contribution is 2.37. The molecule has 1 aliphatic heterocycles. The molecule has 1 aliphatic rings. The number of hydrogen-bond donors (Lipinski definition) is 0. The van der Waals surface area contributed by atoms with Gasteiger partial charge in [0.1, 0.15) is 11.9 Å². The highest BCUT2D eigenvalue weighted by Gasteiger charge is 2.35. The molecule has 0 bridgehead atoms. The van der Waals surface area contributed by atoms with Gasteiger partial charge < -0.3 is 9.64 Å². The van der Waals surface area contributed by atoms with E-state index in [2.05, 4.69) is 0 Å². The smallest absolute Gasteiger partial charge is 0.419 e. The molecule has 5 nitrogen and oxygen atoms in total. The molecule has 178 valence electrons. The molecule has 0 radical (unpaired) electrons. The maximum Gasteiger partial charge on any atom is 0.419 e. The van der Waals surface area contributed by atoms with Gasteiger partial charge in [-0.25, -0.2) is 4.98 Å². The van der Waals surface area contributed by atoms with Gasteiger partial charge in [-0.15, -0.1) is 0 Å². The van der Waals surface area contributed by atoms with Crippen molar-refractivity contribution in [1.29, 1.82) is 0 Å². The molecule has 1 saturated heterocycles. The second-order valence-corrected chi connectivity index (χ2v) is 8.31. The van der Waals surface area contributed by atoms with E-state index in [9.17, 15) is 13.2 Å². The standard InChI is InChI=1S/C27H23F3N4O/c28-27(29,30)22-13-7-8-14-23(22)35-21-15-17-34(18-16-21)26-32-24(19-9-3-1-4-10-19)31-25(33-26)20-11-5-2-6-12-20/h1-14,21H,15-18H2. The van der Waals surface area contributed by atoms with Crippen LogP contribution >= 0.6 is 0 Å². The number of benzene rings is 3. The van der Waals surface area contributed by atoms with Crippen LogP contribution in [0.2, 0.25) is 0 Å². The van der Waals surface area contributed by atoms with Crippen molar-refractivity contribution in [2.75, 3.05) is 18.0 Å². The van der Waals surface area contributed by atoms with E-state index in [1.54, 1.807) is 6.07 Å². The lowest BCUT2D eigenvalue weighted by atomic mass is 10.1. The van der Waals surface area contributed by atoms with Gasteiger partial charge in [0.15, 0.2) is 11.6 Å². The number of anilines is 1. The lowest BCUT2D eigenvalue weighted by molar-refractivity contribution is -0.139. The Balaban J connectivity index is 1.37. The number of aromatic nitrogens is 3. The third-order valence-electron chi connectivity index (χ3n) is 5.90. The van der Waals surface area contributed by atoms with Crippen LogP contribution in [-0.2, 0) is 6.18 Å². The molecule has 2 heterocycles. The third kappa shape index (κ3) is 5.26. The third-order valence-corrected chi connectivity index (χ3v) is 5.90. The van der Waals surface area contributed by atoms with Gasteiger partial charge in [0.25, 0.3) is 0 Å². The first kappa shape index (κ1) is 22.8. The zero-order valence-electron chi connectivity index (χ0n) is 18.8. The van der Waals surface area contributed by atoms with Crippen LogP contribution in [0, 0.1) is 0 Å². The van der Waals surface area contributed by atoms with Crippen LogP contribution in [0.1, 0.15) is 18.4 Å². The van der Waals surface area contributed by atoms with Crippen molar-refractivity contribution >= 4 is 5.95 Å². The van der Waals surface area contributed by atoms with E-state index in [4.69, 9.17) is 19.7 Å². The highest BCUT2D eigenvalue weighted by molar-refractivity contribution is 5.63. The minimum atomic E-state index is -4.45. The molecule has 0 spiro atoms. The normalized spacial score (nSPS) is 14.7. The van der Waals surface area contributed by atoms with Gasteiger partial charge in [0, 0.05) is 37.1 Å². The summed E-state index contributed by atoms with van der Waals surface area (Å²) in [5.41, 5.74) is 1.02. The van der Waals surface area contributed by atoms with Gasteiger partial charge in [-0.3, -0.25) is 0 Å². The summed E-state index contributed by atoms with van der Waals surface area (Å²) < 4.78 is 45.8. The quantitative estimate of drug-likeness (QED) is 0.340. The summed E-state index contributed by atoms with van der Waals surface area (Å²) in [5.74, 6) is 1.57. The predicted octanol–water partition coefficient (Wildman–Crippen LogP) is 6.27. The summed E-state index contributed by atoms with van der Waals surface area (Å²) in [5, 5.41) is 0. The molecule has 0 saturated carbocycles. The lowest BCUT2D eigenvalue weighted by Crippen LogP contribution is -2.39. The van der Waals surface area contributed by atoms with Crippen LogP contribution in [0.25, 0.3) is 22.8 Å². The van der Waals surface area contributed by atoms with Crippen molar-refractivity contribution in [3.8, 4) is 28.5 Å². The molecule has 0 amide bonds. The highest BCUT2D eigenvalue weighted by atomic mass is 19.4. The van der Waals surface area contributed by atoms with E-state index < -0.39 is 11.7 Å². The minimum Gasteiger partial charge on any atom is -0.490 e. The number of nitrogens with zero attached hydrogens (tertiary/aromatic N) is 4. The zero-order valence-corrected chi connectivity index (χ0v) is 18.8. The van der Waals surface area contributed by atoms with E-state index in [1.807, 2.05) is 65.6 Å². The fraction of sp³-hybridized carbons (Fsp3) is 0.222. The summed E-state index contributed by atoms with van der Waals surface area (Å²) in [6.45, 7) is 1.12. The molecule has 4 aromatic rings. The first-order valence-corrected chi connectivity index (χ1v) is 11.4. The van der Waals surface area contributed by atoms with Gasteiger partial charge >= 0.3 is 6.18 Å². The molecule has 0 unspecified atom stereocenters. The lowest BCUT2D eigenvalue weighted by Gasteiger charge is -2.32. The molecule has 0 atom stereocenters. The van der Waals surface area contributed by atoms with Crippen molar-refractivity contribution in [3.63, 3.8) is 0 Å². The van der Waals surface area contributed by atoms with Gasteiger partial charge in [0.05, 0.1) is 5.56 Å². The first-order chi connectivity index (χ1) is 17.0. The molecule has 0 N–H and O–H groups in total. The van der Waals surface area contributed by atoms with E-state index >= 15 is 0 Å². The van der Waals surface area contributed by atoms with Crippen LogP contribution in [0.15, 0.2) is 84.9 Å². The number of alkyl halides is 3. The summed E-state index contributed by atoms with van der Waals surface area (Å²) >= 11 is 0. The Kier molecular flexibility index (Phi) is 6.35. The predicted molar refractivity (Wildman–Crippen MR) is 128 cm³/mol. The number of ether oxygens (including phenoxy) is 1. The van der Waals surface area contributed by atoms with Crippen LogP contribution in [-0.4, -0.2) is 34.1 Å². The molecular weight excluding hydrogens is 453 g/mol. The van der Waals surface area contributed by atoms with Gasteiger partial charge in [0.2, 0.25) is 5.95 Å². The van der Waals surface area contributed by atoms with Crippen LogP contribution in [0.4, 0.5) is 19.1 Å². The van der Waals surface area contributed by atoms with Crippen LogP contribution < -0.4 is 9.64 Å². The molecule has 3 aromatic carbocycles. The van der Waals surface area contributed by atoms with Crippen molar-refractivity contribution in [2.45, 2.75) is 25.1 Å². The number of hydrogen-bond acceptors (Lipinski definition) is 5. The topological polar surface area (TPSA) is 51.1 Å². The van der Waals surface area contributed by atoms with Crippen molar-refractivity contribution in [3.05, 3.63) is 90.5 Å². The minimum absolute atomic E-state index is 0.128. The van der Waals surface area contributed by atoms with Gasteiger partial charge in [-0.1, -0.05) is 72.8 Å². The van der Waals surface area contributed by atoms with E-state index in [0.717, 1.165) is 17.2 Å². The maximum atomic E-state index is 13.3. The fourth-order valence-electron chi connectivity index (χ4n) is 4.10. The van der Waals surface area contributed by atoms with E-state index in [1.165, 1.54) is 12.1 Å². The molecule has 1 aromatic heterocycles.